The highest BCUT2D eigenvalue weighted by Crippen LogP contribution is 2.28. The number of pyridine rings is 1. The van der Waals surface area contributed by atoms with E-state index in [1.165, 1.54) is 23.9 Å². The normalized spacial score (nSPS) is 10.8. The van der Waals surface area contributed by atoms with Gasteiger partial charge in [-0.05, 0) is 55.8 Å². The van der Waals surface area contributed by atoms with Gasteiger partial charge in [0.2, 0.25) is 0 Å². The van der Waals surface area contributed by atoms with Crippen molar-refractivity contribution < 1.29 is 18.4 Å². The third-order valence-corrected chi connectivity index (χ3v) is 5.99. The van der Waals surface area contributed by atoms with Crippen molar-refractivity contribution in [3.63, 3.8) is 0 Å². The fourth-order valence-corrected chi connectivity index (χ4v) is 4.28. The minimum absolute atomic E-state index is 0.264. The van der Waals surface area contributed by atoms with Crippen molar-refractivity contribution in [1.29, 1.82) is 0 Å². The molecule has 0 aliphatic carbocycles. The molecule has 2 aromatic carbocycles. The highest BCUT2D eigenvalue weighted by atomic mass is 32.2. The second kappa shape index (κ2) is 10.3. The molecule has 168 valence electrons. The van der Waals surface area contributed by atoms with Gasteiger partial charge in [0.05, 0.1) is 11.3 Å². The molecule has 0 saturated heterocycles. The number of aromatic nitrogens is 2. The molecule has 2 heterocycles. The van der Waals surface area contributed by atoms with Gasteiger partial charge in [-0.2, -0.15) is 0 Å². The molecular weight excluding hydrogens is 441 g/mol. The van der Waals surface area contributed by atoms with E-state index in [-0.39, 0.29) is 11.7 Å². The van der Waals surface area contributed by atoms with Crippen LogP contribution in [-0.2, 0) is 12.4 Å². The highest BCUT2D eigenvalue weighted by molar-refractivity contribution is 7.98. The van der Waals surface area contributed by atoms with Gasteiger partial charge in [0.25, 0.3) is 5.91 Å². The van der Waals surface area contributed by atoms with Crippen molar-refractivity contribution in [3.8, 4) is 5.75 Å². The van der Waals surface area contributed by atoms with E-state index in [4.69, 9.17) is 9.26 Å². The van der Waals surface area contributed by atoms with Crippen LogP contribution in [0.15, 0.2) is 76.4 Å². The lowest BCUT2D eigenvalue weighted by molar-refractivity contribution is 0.102. The molecule has 0 unspecified atom stereocenters. The van der Waals surface area contributed by atoms with Gasteiger partial charge in [0, 0.05) is 29.3 Å². The monoisotopic (exact) mass is 463 g/mol. The third kappa shape index (κ3) is 5.78. The van der Waals surface area contributed by atoms with Gasteiger partial charge < -0.3 is 14.6 Å². The fourth-order valence-electron chi connectivity index (χ4n) is 3.14. The molecule has 1 N–H and O–H groups in total. The lowest BCUT2D eigenvalue weighted by atomic mass is 10.2. The zero-order valence-electron chi connectivity index (χ0n) is 18.2. The average molecular weight is 464 g/mol. The quantitative estimate of drug-likeness (QED) is 0.326. The molecule has 4 rings (SSSR count). The summed E-state index contributed by atoms with van der Waals surface area (Å²) >= 11 is 1.46. The Kier molecular flexibility index (Phi) is 7.04. The van der Waals surface area contributed by atoms with Crippen LogP contribution in [0.1, 0.15) is 32.9 Å². The number of benzene rings is 2. The van der Waals surface area contributed by atoms with Crippen molar-refractivity contribution >= 4 is 23.4 Å². The van der Waals surface area contributed by atoms with E-state index in [2.05, 4.69) is 15.5 Å². The second-order valence-electron chi connectivity index (χ2n) is 7.34. The highest BCUT2D eigenvalue weighted by Gasteiger charge is 2.16. The molecule has 2 aromatic heterocycles. The van der Waals surface area contributed by atoms with Crippen molar-refractivity contribution in [2.75, 3.05) is 5.32 Å². The van der Waals surface area contributed by atoms with Crippen LogP contribution >= 0.6 is 11.8 Å². The predicted molar refractivity (Wildman–Crippen MR) is 125 cm³/mol. The van der Waals surface area contributed by atoms with Gasteiger partial charge in [-0.1, -0.05) is 23.4 Å². The fraction of sp³-hybridized carbons (Fsp3) is 0.160. The van der Waals surface area contributed by atoms with E-state index < -0.39 is 0 Å². The van der Waals surface area contributed by atoms with E-state index >= 15 is 0 Å². The minimum Gasteiger partial charge on any atom is -0.489 e. The van der Waals surface area contributed by atoms with Crippen molar-refractivity contribution in [2.24, 2.45) is 0 Å². The third-order valence-electron chi connectivity index (χ3n) is 4.96. The van der Waals surface area contributed by atoms with E-state index in [1.807, 2.05) is 13.8 Å². The lowest BCUT2D eigenvalue weighted by Gasteiger charge is -2.11. The molecule has 0 spiro atoms. The number of hydrogen-bond acceptors (Lipinski definition) is 6. The molecule has 0 fully saturated rings. The maximum atomic E-state index is 13.1. The number of amides is 1. The molecule has 8 heteroatoms. The SMILES string of the molecule is Cc1noc(C)c1CSc1ncccc1C(=O)Nc1cccc(OCc2ccc(F)cc2)c1. The Morgan fingerprint density at radius 1 is 1.12 bits per heavy atom. The van der Waals surface area contributed by atoms with Gasteiger partial charge in [0.15, 0.2) is 0 Å². The first kappa shape index (κ1) is 22.5. The number of carbonyl (C=O) groups excluding carboxylic acids is 1. The van der Waals surface area contributed by atoms with Crippen LogP contribution in [0.5, 0.6) is 5.75 Å². The summed E-state index contributed by atoms with van der Waals surface area (Å²) in [6.07, 6.45) is 1.66. The maximum Gasteiger partial charge on any atom is 0.258 e. The Balaban J connectivity index is 1.42. The summed E-state index contributed by atoms with van der Waals surface area (Å²) in [4.78, 5) is 17.4. The number of halogens is 1. The molecule has 1 amide bonds. The maximum absolute atomic E-state index is 13.1. The first-order valence-corrected chi connectivity index (χ1v) is 11.3. The summed E-state index contributed by atoms with van der Waals surface area (Å²) < 4.78 is 24.0. The number of anilines is 1. The van der Waals surface area contributed by atoms with Crippen molar-refractivity contribution in [1.82, 2.24) is 10.1 Å². The summed E-state index contributed by atoms with van der Waals surface area (Å²) in [7, 11) is 0. The van der Waals surface area contributed by atoms with E-state index in [0.29, 0.717) is 34.4 Å². The van der Waals surface area contributed by atoms with E-state index in [0.717, 1.165) is 22.6 Å². The van der Waals surface area contributed by atoms with Crippen LogP contribution in [0.2, 0.25) is 0 Å². The zero-order valence-corrected chi connectivity index (χ0v) is 19.0. The number of nitrogens with one attached hydrogen (secondary N) is 1. The molecule has 4 aromatic rings. The molecule has 0 radical (unpaired) electrons. The van der Waals surface area contributed by atoms with E-state index in [1.54, 1.807) is 54.7 Å². The minimum atomic E-state index is -0.289. The molecule has 0 aliphatic rings. The van der Waals surface area contributed by atoms with Crippen LogP contribution in [0.25, 0.3) is 0 Å². The van der Waals surface area contributed by atoms with Crippen molar-refractivity contribution in [3.05, 3.63) is 101 Å². The number of thioether (sulfide) groups is 1. The summed E-state index contributed by atoms with van der Waals surface area (Å²) in [5, 5.41) is 7.50. The standard InChI is InChI=1S/C25H22FN3O3S/c1-16-23(17(2)32-29-16)15-33-25-22(7-4-12-27-25)24(30)28-20-5-3-6-21(13-20)31-14-18-8-10-19(26)11-9-18/h3-13H,14-15H2,1-2H3,(H,28,30). The Hall–Kier alpha value is -3.65. The molecule has 0 bridgehead atoms. The van der Waals surface area contributed by atoms with Gasteiger partial charge in [-0.15, -0.1) is 11.8 Å². The molecule has 0 saturated carbocycles. The van der Waals surface area contributed by atoms with Crippen LogP contribution in [0.4, 0.5) is 10.1 Å². The Morgan fingerprint density at radius 3 is 2.70 bits per heavy atom. The van der Waals surface area contributed by atoms with Gasteiger partial charge >= 0.3 is 0 Å². The Labute approximate surface area is 195 Å². The number of nitrogens with zero attached hydrogens (tertiary/aromatic N) is 2. The first-order chi connectivity index (χ1) is 16.0. The number of aryl methyl sites for hydroxylation is 2. The summed E-state index contributed by atoms with van der Waals surface area (Å²) in [6, 6.07) is 16.7. The van der Waals surface area contributed by atoms with E-state index in [9.17, 15) is 9.18 Å². The Morgan fingerprint density at radius 2 is 1.94 bits per heavy atom. The molecule has 0 aliphatic heterocycles. The van der Waals surface area contributed by atoms with Gasteiger partial charge in [0.1, 0.15) is 29.0 Å². The number of rotatable bonds is 8. The zero-order chi connectivity index (χ0) is 23.2. The van der Waals surface area contributed by atoms with Gasteiger partial charge in [-0.25, -0.2) is 9.37 Å². The summed E-state index contributed by atoms with van der Waals surface area (Å²) in [6.45, 7) is 4.05. The average Bonchev–Trinajstić information content (AvgIpc) is 3.15. The predicted octanol–water partition coefficient (Wildman–Crippen LogP) is 5.95. The summed E-state index contributed by atoms with van der Waals surface area (Å²) in [5.41, 5.74) is 3.76. The van der Waals surface area contributed by atoms with Crippen LogP contribution < -0.4 is 10.1 Å². The van der Waals surface area contributed by atoms with Gasteiger partial charge in [-0.3, -0.25) is 4.79 Å². The second-order valence-corrected chi connectivity index (χ2v) is 8.31. The molecule has 0 atom stereocenters. The molecule has 6 nitrogen and oxygen atoms in total. The lowest BCUT2D eigenvalue weighted by Crippen LogP contribution is -2.13. The topological polar surface area (TPSA) is 77.2 Å². The molecule has 33 heavy (non-hydrogen) atoms. The van der Waals surface area contributed by atoms with Crippen LogP contribution in [0, 0.1) is 19.7 Å². The molecular formula is C25H22FN3O3S. The van der Waals surface area contributed by atoms with Crippen molar-refractivity contribution in [2.45, 2.75) is 31.2 Å². The van der Waals surface area contributed by atoms with Crippen LogP contribution in [0.3, 0.4) is 0 Å². The first-order valence-electron chi connectivity index (χ1n) is 10.3. The smallest absolute Gasteiger partial charge is 0.258 e. The number of carbonyl (C=O) groups is 1. The number of hydrogen-bond donors (Lipinski definition) is 1. The Bertz CT molecular complexity index is 1240. The van der Waals surface area contributed by atoms with Crippen LogP contribution in [-0.4, -0.2) is 16.0 Å². The largest absolute Gasteiger partial charge is 0.489 e. The number of ether oxygens (including phenoxy) is 1. The summed E-state index contributed by atoms with van der Waals surface area (Å²) in [5.74, 6) is 1.41.